The fourth-order valence-electron chi connectivity index (χ4n) is 3.01. The van der Waals surface area contributed by atoms with E-state index in [1.807, 2.05) is 24.3 Å². The van der Waals surface area contributed by atoms with E-state index < -0.39 is 5.54 Å². The lowest BCUT2D eigenvalue weighted by Crippen LogP contribution is -2.51. The monoisotopic (exact) mass is 321 g/mol. The zero-order valence-corrected chi connectivity index (χ0v) is 13.0. The van der Waals surface area contributed by atoms with Crippen molar-refractivity contribution in [1.82, 2.24) is 10.3 Å². The number of pyridine rings is 1. The Bertz CT molecular complexity index is 735. The number of H-pyrrole nitrogens is 1. The SMILES string of the molecule is Cl.NC1(C(=O)NCc2cc(=O)[nH]c3ccccc23)CCCC1. The molecule has 0 atom stereocenters. The minimum Gasteiger partial charge on any atom is -0.350 e. The molecule has 5 nitrogen and oxygen atoms in total. The van der Waals surface area contributed by atoms with Gasteiger partial charge in [0.05, 0.1) is 5.54 Å². The number of halogens is 1. The van der Waals surface area contributed by atoms with Gasteiger partial charge in [-0.05, 0) is 24.5 Å². The van der Waals surface area contributed by atoms with E-state index in [-0.39, 0.29) is 23.9 Å². The number of amides is 1. The summed E-state index contributed by atoms with van der Waals surface area (Å²) in [5, 5.41) is 3.82. The third-order valence-corrected chi connectivity index (χ3v) is 4.22. The number of carbonyl (C=O) groups excluding carboxylic acids is 1. The van der Waals surface area contributed by atoms with Crippen LogP contribution in [0.15, 0.2) is 35.1 Å². The quantitative estimate of drug-likeness (QED) is 0.806. The molecule has 0 unspecified atom stereocenters. The molecule has 22 heavy (non-hydrogen) atoms. The number of benzene rings is 1. The van der Waals surface area contributed by atoms with E-state index in [1.165, 1.54) is 6.07 Å². The van der Waals surface area contributed by atoms with Crippen LogP contribution in [-0.2, 0) is 11.3 Å². The Morgan fingerprint density at radius 3 is 2.68 bits per heavy atom. The average Bonchev–Trinajstić information content (AvgIpc) is 2.92. The number of fused-ring (bicyclic) bond motifs is 1. The maximum Gasteiger partial charge on any atom is 0.248 e. The standard InChI is InChI=1S/C16H19N3O2.ClH/c17-16(7-3-4-8-16)15(21)18-10-11-9-14(20)19-13-6-2-1-5-12(11)13;/h1-2,5-6,9H,3-4,7-8,10,17H2,(H,18,21)(H,19,20);1H. The number of hydrogen-bond donors (Lipinski definition) is 3. The van der Waals surface area contributed by atoms with E-state index in [1.54, 1.807) is 0 Å². The van der Waals surface area contributed by atoms with Gasteiger partial charge in [0.15, 0.2) is 0 Å². The molecule has 1 amide bonds. The van der Waals surface area contributed by atoms with Crippen molar-refractivity contribution < 1.29 is 4.79 Å². The molecule has 0 bridgehead atoms. The highest BCUT2D eigenvalue weighted by atomic mass is 35.5. The summed E-state index contributed by atoms with van der Waals surface area (Å²) in [6.45, 7) is 0.322. The van der Waals surface area contributed by atoms with Crippen molar-refractivity contribution >= 4 is 29.2 Å². The maximum atomic E-state index is 12.2. The summed E-state index contributed by atoms with van der Waals surface area (Å²) in [5.74, 6) is -0.121. The zero-order valence-electron chi connectivity index (χ0n) is 12.2. The first-order valence-electron chi connectivity index (χ1n) is 7.27. The number of nitrogens with two attached hydrogens (primary N) is 1. The van der Waals surface area contributed by atoms with Crippen LogP contribution in [0.4, 0.5) is 0 Å². The van der Waals surface area contributed by atoms with Crippen LogP contribution < -0.4 is 16.6 Å². The van der Waals surface area contributed by atoms with Crippen LogP contribution in [0.3, 0.4) is 0 Å². The van der Waals surface area contributed by atoms with Crippen molar-refractivity contribution in [2.75, 3.05) is 0 Å². The molecule has 118 valence electrons. The van der Waals surface area contributed by atoms with Crippen molar-refractivity contribution in [3.05, 3.63) is 46.2 Å². The van der Waals surface area contributed by atoms with Crippen molar-refractivity contribution in [2.24, 2.45) is 5.73 Å². The molecule has 0 spiro atoms. The molecule has 1 aliphatic carbocycles. The van der Waals surface area contributed by atoms with Crippen molar-refractivity contribution in [3.8, 4) is 0 Å². The number of aromatic amines is 1. The molecule has 4 N–H and O–H groups in total. The number of nitrogens with one attached hydrogen (secondary N) is 2. The molecule has 2 aromatic rings. The van der Waals surface area contributed by atoms with Gasteiger partial charge < -0.3 is 16.0 Å². The summed E-state index contributed by atoms with van der Waals surface area (Å²) in [6, 6.07) is 9.09. The van der Waals surface area contributed by atoms with Gasteiger partial charge in [-0.3, -0.25) is 9.59 Å². The predicted molar refractivity (Wildman–Crippen MR) is 89.0 cm³/mol. The second kappa shape index (κ2) is 6.50. The molecule has 0 aliphatic heterocycles. The van der Waals surface area contributed by atoms with Gasteiger partial charge in [0, 0.05) is 23.5 Å². The molecular formula is C16H20ClN3O2. The highest BCUT2D eigenvalue weighted by Gasteiger charge is 2.36. The Morgan fingerprint density at radius 1 is 1.27 bits per heavy atom. The summed E-state index contributed by atoms with van der Waals surface area (Å²) >= 11 is 0. The first kappa shape index (κ1) is 16.5. The van der Waals surface area contributed by atoms with Crippen LogP contribution in [0.5, 0.6) is 0 Å². The highest BCUT2D eigenvalue weighted by Crippen LogP contribution is 2.27. The van der Waals surface area contributed by atoms with E-state index in [2.05, 4.69) is 10.3 Å². The molecule has 3 rings (SSSR count). The zero-order chi connectivity index (χ0) is 14.9. The maximum absolute atomic E-state index is 12.2. The summed E-state index contributed by atoms with van der Waals surface area (Å²) in [5.41, 5.74) is 6.81. The van der Waals surface area contributed by atoms with Gasteiger partial charge in [-0.2, -0.15) is 0 Å². The van der Waals surface area contributed by atoms with E-state index in [0.717, 1.165) is 42.1 Å². The number of rotatable bonds is 3. The van der Waals surface area contributed by atoms with E-state index in [0.29, 0.717) is 6.54 Å². The Kier molecular flexibility index (Phi) is 4.88. The Morgan fingerprint density at radius 2 is 1.95 bits per heavy atom. The topological polar surface area (TPSA) is 88.0 Å². The second-order valence-corrected chi connectivity index (χ2v) is 5.75. The molecule has 1 heterocycles. The van der Waals surface area contributed by atoms with Crippen LogP contribution >= 0.6 is 12.4 Å². The third-order valence-electron chi connectivity index (χ3n) is 4.22. The lowest BCUT2D eigenvalue weighted by atomic mass is 9.98. The summed E-state index contributed by atoms with van der Waals surface area (Å²) in [7, 11) is 0. The number of hydrogen-bond acceptors (Lipinski definition) is 3. The molecule has 0 radical (unpaired) electrons. The molecule has 0 saturated heterocycles. The molecule has 1 saturated carbocycles. The predicted octanol–water partition coefficient (Wildman–Crippen LogP) is 1.84. The van der Waals surface area contributed by atoms with E-state index in [4.69, 9.17) is 5.73 Å². The van der Waals surface area contributed by atoms with Crippen LogP contribution in [0, 0.1) is 0 Å². The Labute approximate surface area is 134 Å². The third kappa shape index (κ3) is 3.15. The van der Waals surface area contributed by atoms with Gasteiger partial charge in [-0.25, -0.2) is 0 Å². The molecule has 1 aromatic heterocycles. The molecule has 6 heteroatoms. The largest absolute Gasteiger partial charge is 0.350 e. The first-order chi connectivity index (χ1) is 10.1. The van der Waals surface area contributed by atoms with Crippen molar-refractivity contribution in [3.63, 3.8) is 0 Å². The highest BCUT2D eigenvalue weighted by molar-refractivity contribution is 5.87. The van der Waals surface area contributed by atoms with Crippen LogP contribution in [0.1, 0.15) is 31.2 Å². The van der Waals surface area contributed by atoms with Gasteiger partial charge >= 0.3 is 0 Å². The Balaban J connectivity index is 0.00000176. The van der Waals surface area contributed by atoms with Crippen LogP contribution in [-0.4, -0.2) is 16.4 Å². The normalized spacial score (nSPS) is 16.2. The van der Waals surface area contributed by atoms with Crippen LogP contribution in [0.2, 0.25) is 0 Å². The molecule has 1 aliphatic rings. The fourth-order valence-corrected chi connectivity index (χ4v) is 3.01. The Hall–Kier alpha value is -1.85. The van der Waals surface area contributed by atoms with Gasteiger partial charge in [0.2, 0.25) is 11.5 Å². The summed E-state index contributed by atoms with van der Waals surface area (Å²) in [4.78, 5) is 26.7. The number of para-hydroxylation sites is 1. The van der Waals surface area contributed by atoms with Crippen molar-refractivity contribution in [2.45, 2.75) is 37.8 Å². The first-order valence-corrected chi connectivity index (χ1v) is 7.27. The van der Waals surface area contributed by atoms with Crippen molar-refractivity contribution in [1.29, 1.82) is 0 Å². The summed E-state index contributed by atoms with van der Waals surface area (Å²) < 4.78 is 0. The van der Waals surface area contributed by atoms with Gasteiger partial charge in [0.1, 0.15) is 0 Å². The van der Waals surface area contributed by atoms with Crippen LogP contribution in [0.25, 0.3) is 10.9 Å². The minimum atomic E-state index is -0.739. The number of aromatic nitrogens is 1. The second-order valence-electron chi connectivity index (χ2n) is 5.75. The lowest BCUT2D eigenvalue weighted by molar-refractivity contribution is -0.126. The van der Waals surface area contributed by atoms with Gasteiger partial charge in [0.25, 0.3) is 0 Å². The fraction of sp³-hybridized carbons (Fsp3) is 0.375. The molecule has 1 fully saturated rings. The molecular weight excluding hydrogens is 302 g/mol. The van der Waals surface area contributed by atoms with E-state index in [9.17, 15) is 9.59 Å². The summed E-state index contributed by atoms with van der Waals surface area (Å²) in [6.07, 6.45) is 3.46. The lowest BCUT2D eigenvalue weighted by Gasteiger charge is -2.22. The minimum absolute atomic E-state index is 0. The smallest absolute Gasteiger partial charge is 0.248 e. The van der Waals surface area contributed by atoms with E-state index >= 15 is 0 Å². The van der Waals surface area contributed by atoms with Gasteiger partial charge in [-0.15, -0.1) is 12.4 Å². The average molecular weight is 322 g/mol. The molecule has 1 aromatic carbocycles. The number of carbonyl (C=O) groups is 1. The van der Waals surface area contributed by atoms with Gasteiger partial charge in [-0.1, -0.05) is 31.0 Å².